The number of rotatable bonds is 5. The van der Waals surface area contributed by atoms with Gasteiger partial charge >= 0.3 is 6.03 Å². The van der Waals surface area contributed by atoms with Gasteiger partial charge in [0.15, 0.2) is 0 Å². The van der Waals surface area contributed by atoms with Crippen molar-refractivity contribution in [2.75, 3.05) is 11.9 Å². The van der Waals surface area contributed by atoms with Crippen molar-refractivity contribution in [3.63, 3.8) is 0 Å². The van der Waals surface area contributed by atoms with Crippen molar-refractivity contribution in [2.24, 2.45) is 0 Å². The van der Waals surface area contributed by atoms with Crippen LogP contribution >= 0.6 is 15.9 Å². The topological polar surface area (TPSA) is 61.4 Å². The zero-order chi connectivity index (χ0) is 13.5. The second-order valence-electron chi connectivity index (χ2n) is 4.33. The minimum atomic E-state index is -0.220. The first-order valence-corrected chi connectivity index (χ1v) is 6.76. The molecule has 0 heterocycles. The van der Waals surface area contributed by atoms with E-state index in [9.17, 15) is 4.79 Å². The Morgan fingerprint density at radius 2 is 2.22 bits per heavy atom. The van der Waals surface area contributed by atoms with Crippen LogP contribution in [0.25, 0.3) is 0 Å². The third kappa shape index (κ3) is 5.06. The molecule has 1 rings (SSSR count). The highest BCUT2D eigenvalue weighted by Gasteiger charge is 2.07. The second kappa shape index (κ2) is 7.38. The molecule has 1 atom stereocenters. The Bertz CT molecular complexity index is 410. The summed E-state index contributed by atoms with van der Waals surface area (Å²) < 4.78 is 1.02. The number of carbonyl (C=O) groups excluding carboxylic acids is 1. The standard InChI is InChI=1S/C13H19BrN2O2/c1-9-8-11(5-6-12(9)14)16-13(18)15-10(2)4-3-7-17/h5-6,8,10,17H,3-4,7H2,1-2H3,(H2,15,16,18). The van der Waals surface area contributed by atoms with E-state index in [1.807, 2.05) is 32.0 Å². The van der Waals surface area contributed by atoms with Crippen molar-refractivity contribution in [1.82, 2.24) is 5.32 Å². The van der Waals surface area contributed by atoms with Gasteiger partial charge in [-0.15, -0.1) is 0 Å². The third-order valence-electron chi connectivity index (χ3n) is 2.59. The van der Waals surface area contributed by atoms with Crippen LogP contribution in [0.15, 0.2) is 22.7 Å². The Balaban J connectivity index is 2.46. The van der Waals surface area contributed by atoms with Crippen LogP contribution < -0.4 is 10.6 Å². The van der Waals surface area contributed by atoms with Crippen LogP contribution in [0.5, 0.6) is 0 Å². The normalized spacial score (nSPS) is 12.0. The van der Waals surface area contributed by atoms with Gasteiger partial charge in [0.05, 0.1) is 0 Å². The lowest BCUT2D eigenvalue weighted by Gasteiger charge is -2.14. The zero-order valence-corrected chi connectivity index (χ0v) is 12.3. The third-order valence-corrected chi connectivity index (χ3v) is 3.48. The van der Waals surface area contributed by atoms with Crippen molar-refractivity contribution in [2.45, 2.75) is 32.7 Å². The molecule has 1 aromatic rings. The van der Waals surface area contributed by atoms with Crippen LogP contribution in [0.4, 0.5) is 10.5 Å². The second-order valence-corrected chi connectivity index (χ2v) is 5.18. The first-order valence-electron chi connectivity index (χ1n) is 5.97. The number of hydrogen-bond donors (Lipinski definition) is 3. The van der Waals surface area contributed by atoms with Crippen molar-refractivity contribution < 1.29 is 9.90 Å². The van der Waals surface area contributed by atoms with Gasteiger partial charge in [0, 0.05) is 22.8 Å². The SMILES string of the molecule is Cc1cc(NC(=O)NC(C)CCCO)ccc1Br. The maximum absolute atomic E-state index is 11.7. The maximum Gasteiger partial charge on any atom is 0.319 e. The van der Waals surface area contributed by atoms with E-state index < -0.39 is 0 Å². The van der Waals surface area contributed by atoms with E-state index in [1.165, 1.54) is 0 Å². The molecular weight excluding hydrogens is 296 g/mol. The number of urea groups is 1. The summed E-state index contributed by atoms with van der Waals surface area (Å²) >= 11 is 3.41. The van der Waals surface area contributed by atoms with E-state index in [0.717, 1.165) is 22.1 Å². The highest BCUT2D eigenvalue weighted by atomic mass is 79.9. The van der Waals surface area contributed by atoms with Gasteiger partial charge in [0.25, 0.3) is 0 Å². The molecule has 0 aliphatic carbocycles. The lowest BCUT2D eigenvalue weighted by molar-refractivity contribution is 0.245. The molecule has 100 valence electrons. The molecule has 1 unspecified atom stereocenters. The lowest BCUT2D eigenvalue weighted by atomic mass is 10.2. The molecule has 1 aromatic carbocycles. The van der Waals surface area contributed by atoms with Gasteiger partial charge in [-0.05, 0) is 50.5 Å². The predicted molar refractivity (Wildman–Crippen MR) is 76.8 cm³/mol. The summed E-state index contributed by atoms with van der Waals surface area (Å²) in [6.07, 6.45) is 1.46. The molecule has 0 radical (unpaired) electrons. The molecule has 4 nitrogen and oxygen atoms in total. The van der Waals surface area contributed by atoms with Gasteiger partial charge in [-0.1, -0.05) is 15.9 Å². The molecule has 0 aromatic heterocycles. The Labute approximate surface area is 116 Å². The summed E-state index contributed by atoms with van der Waals surface area (Å²) in [7, 11) is 0. The maximum atomic E-state index is 11.7. The number of aliphatic hydroxyl groups is 1. The molecule has 0 aliphatic heterocycles. The first-order chi connectivity index (χ1) is 8.52. The minimum absolute atomic E-state index is 0.0497. The van der Waals surface area contributed by atoms with Gasteiger partial charge < -0.3 is 15.7 Å². The average Bonchev–Trinajstić information content (AvgIpc) is 2.31. The van der Waals surface area contributed by atoms with Crippen LogP contribution in [-0.2, 0) is 0 Å². The van der Waals surface area contributed by atoms with E-state index in [1.54, 1.807) is 0 Å². The predicted octanol–water partition coefficient (Wildman–Crippen LogP) is 3.04. The van der Waals surface area contributed by atoms with Crippen LogP contribution in [0.1, 0.15) is 25.3 Å². The summed E-state index contributed by atoms with van der Waals surface area (Å²) in [4.78, 5) is 11.7. The molecule has 0 saturated heterocycles. The number of aryl methyl sites for hydroxylation is 1. The lowest BCUT2D eigenvalue weighted by Crippen LogP contribution is -2.36. The van der Waals surface area contributed by atoms with Crippen molar-refractivity contribution in [1.29, 1.82) is 0 Å². The first kappa shape index (κ1) is 15.0. The molecule has 0 saturated carbocycles. The molecule has 18 heavy (non-hydrogen) atoms. The van der Waals surface area contributed by atoms with Crippen molar-refractivity contribution in [3.05, 3.63) is 28.2 Å². The monoisotopic (exact) mass is 314 g/mol. The minimum Gasteiger partial charge on any atom is -0.396 e. The average molecular weight is 315 g/mol. The number of amides is 2. The Morgan fingerprint density at radius 1 is 1.50 bits per heavy atom. The summed E-state index contributed by atoms with van der Waals surface area (Å²) in [5, 5.41) is 14.3. The van der Waals surface area contributed by atoms with E-state index >= 15 is 0 Å². The molecule has 0 aliphatic rings. The highest BCUT2D eigenvalue weighted by Crippen LogP contribution is 2.19. The van der Waals surface area contributed by atoms with E-state index in [0.29, 0.717) is 6.42 Å². The number of halogens is 1. The molecular formula is C13H19BrN2O2. The number of aliphatic hydroxyl groups excluding tert-OH is 1. The molecule has 0 fully saturated rings. The van der Waals surface area contributed by atoms with Gasteiger partial charge in [0.1, 0.15) is 0 Å². The van der Waals surface area contributed by atoms with Gasteiger partial charge in [-0.3, -0.25) is 0 Å². The van der Waals surface area contributed by atoms with Crippen molar-refractivity contribution >= 4 is 27.6 Å². The molecule has 5 heteroatoms. The van der Waals surface area contributed by atoms with Gasteiger partial charge in [-0.25, -0.2) is 4.79 Å². The zero-order valence-electron chi connectivity index (χ0n) is 10.7. The van der Waals surface area contributed by atoms with Crippen LogP contribution in [0.3, 0.4) is 0 Å². The fourth-order valence-electron chi connectivity index (χ4n) is 1.58. The number of anilines is 1. The Kier molecular flexibility index (Phi) is 6.15. The molecule has 3 N–H and O–H groups in total. The largest absolute Gasteiger partial charge is 0.396 e. The quantitative estimate of drug-likeness (QED) is 0.782. The van der Waals surface area contributed by atoms with Crippen molar-refractivity contribution in [3.8, 4) is 0 Å². The number of carbonyl (C=O) groups is 1. The molecule has 0 bridgehead atoms. The number of benzene rings is 1. The highest BCUT2D eigenvalue weighted by molar-refractivity contribution is 9.10. The van der Waals surface area contributed by atoms with Crippen LogP contribution in [-0.4, -0.2) is 23.8 Å². The molecule has 0 spiro atoms. The summed E-state index contributed by atoms with van der Waals surface area (Å²) in [5.74, 6) is 0. The van der Waals surface area contributed by atoms with E-state index in [4.69, 9.17) is 5.11 Å². The fourth-order valence-corrected chi connectivity index (χ4v) is 1.83. The summed E-state index contributed by atoms with van der Waals surface area (Å²) in [5.41, 5.74) is 1.84. The van der Waals surface area contributed by atoms with Gasteiger partial charge in [-0.2, -0.15) is 0 Å². The Hall–Kier alpha value is -1.07. The van der Waals surface area contributed by atoms with E-state index in [2.05, 4.69) is 26.6 Å². The van der Waals surface area contributed by atoms with E-state index in [-0.39, 0.29) is 18.7 Å². The fraction of sp³-hybridized carbons (Fsp3) is 0.462. The van der Waals surface area contributed by atoms with Crippen LogP contribution in [0.2, 0.25) is 0 Å². The molecule has 2 amide bonds. The van der Waals surface area contributed by atoms with Gasteiger partial charge in [0.2, 0.25) is 0 Å². The Morgan fingerprint density at radius 3 is 2.83 bits per heavy atom. The van der Waals surface area contributed by atoms with Crippen LogP contribution in [0, 0.1) is 6.92 Å². The smallest absolute Gasteiger partial charge is 0.319 e. The summed E-state index contributed by atoms with van der Waals surface area (Å²) in [6.45, 7) is 4.04. The number of nitrogens with one attached hydrogen (secondary N) is 2. The number of hydrogen-bond acceptors (Lipinski definition) is 2. The summed E-state index contributed by atoms with van der Waals surface area (Å²) in [6, 6.07) is 5.48.